The van der Waals surface area contributed by atoms with Gasteiger partial charge in [0.1, 0.15) is 0 Å². The van der Waals surface area contributed by atoms with Crippen LogP contribution < -0.4 is 5.32 Å². The fraction of sp³-hybridized carbons (Fsp3) is 0.571. The van der Waals surface area contributed by atoms with E-state index in [4.69, 9.17) is 0 Å². The highest BCUT2D eigenvalue weighted by atomic mass is 32.2. The van der Waals surface area contributed by atoms with E-state index in [1.807, 2.05) is 6.92 Å². The summed E-state index contributed by atoms with van der Waals surface area (Å²) in [5.74, 6) is -3.41. The van der Waals surface area contributed by atoms with Crippen LogP contribution in [0.15, 0.2) is 29.2 Å². The summed E-state index contributed by atoms with van der Waals surface area (Å²) in [5.41, 5.74) is 0.227. The van der Waals surface area contributed by atoms with Crippen LogP contribution in [0.3, 0.4) is 0 Å². The van der Waals surface area contributed by atoms with Crippen LogP contribution in [0.2, 0.25) is 0 Å². The monoisotopic (exact) mass is 320 g/mol. The number of para-hydroxylation sites is 1. The summed E-state index contributed by atoms with van der Waals surface area (Å²) in [6.07, 6.45) is 1.03. The Labute approximate surface area is 125 Å². The first-order valence-electron chi connectivity index (χ1n) is 7.00. The zero-order valence-corrected chi connectivity index (χ0v) is 13.2. The van der Waals surface area contributed by atoms with Crippen molar-refractivity contribution in [1.29, 1.82) is 0 Å². The zero-order chi connectivity index (χ0) is 15.9. The Balaban J connectivity index is 2.77. The first-order valence-corrected chi connectivity index (χ1v) is 8.55. The standard InChI is InChI=1S/C14H22F2N2O2S/c1-3-10-18(4-2)11-9-17-12-7-5-6-8-13(12)21(19,20)14(15)16/h5-8,14,17H,3-4,9-11H2,1-2H3. The number of sulfone groups is 1. The maximum atomic E-state index is 12.7. The fourth-order valence-corrected chi connectivity index (χ4v) is 2.96. The maximum Gasteiger partial charge on any atom is 0.341 e. The molecule has 0 aliphatic carbocycles. The molecule has 1 rings (SSSR count). The maximum absolute atomic E-state index is 12.7. The van der Waals surface area contributed by atoms with Crippen molar-refractivity contribution in [3.8, 4) is 0 Å². The number of nitrogens with one attached hydrogen (secondary N) is 1. The van der Waals surface area contributed by atoms with Crippen LogP contribution in [-0.2, 0) is 9.84 Å². The summed E-state index contributed by atoms with van der Waals surface area (Å²) in [6, 6.07) is 5.77. The van der Waals surface area contributed by atoms with Gasteiger partial charge in [-0.15, -0.1) is 0 Å². The molecule has 0 atom stereocenters. The molecule has 0 bridgehead atoms. The molecule has 120 valence electrons. The van der Waals surface area contributed by atoms with Crippen molar-refractivity contribution in [3.63, 3.8) is 0 Å². The highest BCUT2D eigenvalue weighted by Gasteiger charge is 2.28. The van der Waals surface area contributed by atoms with Gasteiger partial charge in [-0.3, -0.25) is 0 Å². The Morgan fingerprint density at radius 1 is 1.19 bits per heavy atom. The number of halogens is 2. The van der Waals surface area contributed by atoms with Gasteiger partial charge < -0.3 is 10.2 Å². The van der Waals surface area contributed by atoms with E-state index in [0.717, 1.165) is 26.1 Å². The van der Waals surface area contributed by atoms with E-state index in [0.29, 0.717) is 6.54 Å². The first-order chi connectivity index (χ1) is 9.93. The predicted octanol–water partition coefficient (Wildman–Crippen LogP) is 2.83. The van der Waals surface area contributed by atoms with Crippen molar-refractivity contribution in [1.82, 2.24) is 4.90 Å². The molecule has 0 saturated heterocycles. The third-order valence-electron chi connectivity index (χ3n) is 3.16. The van der Waals surface area contributed by atoms with E-state index in [1.165, 1.54) is 18.2 Å². The zero-order valence-electron chi connectivity index (χ0n) is 12.4. The van der Waals surface area contributed by atoms with Gasteiger partial charge in [0.05, 0.1) is 10.6 Å². The fourth-order valence-electron chi connectivity index (χ4n) is 2.05. The minimum Gasteiger partial charge on any atom is -0.383 e. The Bertz CT molecular complexity index is 536. The lowest BCUT2D eigenvalue weighted by Gasteiger charge is -2.20. The average molecular weight is 320 g/mol. The van der Waals surface area contributed by atoms with E-state index >= 15 is 0 Å². The molecule has 0 spiro atoms. The lowest BCUT2D eigenvalue weighted by molar-refractivity contribution is 0.235. The van der Waals surface area contributed by atoms with Gasteiger partial charge in [0.15, 0.2) is 0 Å². The lowest BCUT2D eigenvalue weighted by atomic mass is 10.3. The van der Waals surface area contributed by atoms with E-state index in [-0.39, 0.29) is 10.6 Å². The molecule has 0 heterocycles. The number of rotatable bonds is 9. The second-order valence-electron chi connectivity index (χ2n) is 4.66. The molecule has 1 N–H and O–H groups in total. The summed E-state index contributed by atoms with van der Waals surface area (Å²) in [6.45, 7) is 7.21. The Morgan fingerprint density at radius 2 is 1.86 bits per heavy atom. The Hall–Kier alpha value is -1.21. The highest BCUT2D eigenvalue weighted by molar-refractivity contribution is 7.91. The third-order valence-corrected chi connectivity index (χ3v) is 4.60. The second-order valence-corrected chi connectivity index (χ2v) is 6.55. The van der Waals surface area contributed by atoms with Gasteiger partial charge >= 0.3 is 5.76 Å². The number of likely N-dealkylation sites (N-methyl/N-ethyl adjacent to an activating group) is 1. The third kappa shape index (κ3) is 4.93. The van der Waals surface area contributed by atoms with Crippen LogP contribution in [0.5, 0.6) is 0 Å². The van der Waals surface area contributed by atoms with Crippen molar-refractivity contribution >= 4 is 15.5 Å². The molecular formula is C14H22F2N2O2S. The van der Waals surface area contributed by atoms with E-state index in [2.05, 4.69) is 17.1 Å². The predicted molar refractivity (Wildman–Crippen MR) is 80.5 cm³/mol. The number of alkyl halides is 2. The first kappa shape index (κ1) is 17.8. The molecule has 0 saturated carbocycles. The molecule has 7 heteroatoms. The van der Waals surface area contributed by atoms with Crippen molar-refractivity contribution < 1.29 is 17.2 Å². The number of anilines is 1. The Morgan fingerprint density at radius 3 is 2.43 bits per heavy atom. The molecule has 1 aromatic rings. The lowest BCUT2D eigenvalue weighted by Crippen LogP contribution is -2.30. The van der Waals surface area contributed by atoms with Crippen LogP contribution in [0, 0.1) is 0 Å². The molecule has 21 heavy (non-hydrogen) atoms. The molecule has 0 unspecified atom stereocenters. The molecule has 0 amide bonds. The van der Waals surface area contributed by atoms with Crippen molar-refractivity contribution in [2.45, 2.75) is 30.9 Å². The van der Waals surface area contributed by atoms with Gasteiger partial charge in [-0.05, 0) is 31.6 Å². The summed E-state index contributed by atoms with van der Waals surface area (Å²) < 4.78 is 48.5. The van der Waals surface area contributed by atoms with E-state index < -0.39 is 15.6 Å². The summed E-state index contributed by atoms with van der Waals surface area (Å²) in [4.78, 5) is 1.86. The molecule has 1 aromatic carbocycles. The summed E-state index contributed by atoms with van der Waals surface area (Å²) in [7, 11) is -4.58. The summed E-state index contributed by atoms with van der Waals surface area (Å²) in [5, 5.41) is 2.94. The number of hydrogen-bond donors (Lipinski definition) is 1. The molecule has 4 nitrogen and oxygen atoms in total. The molecule has 0 fully saturated rings. The van der Waals surface area contributed by atoms with E-state index in [9.17, 15) is 17.2 Å². The molecule has 0 aliphatic heterocycles. The van der Waals surface area contributed by atoms with Crippen LogP contribution in [0.4, 0.5) is 14.5 Å². The number of benzene rings is 1. The average Bonchev–Trinajstić information content (AvgIpc) is 2.46. The molecule has 0 radical (unpaired) electrons. The van der Waals surface area contributed by atoms with Crippen LogP contribution in [-0.4, -0.2) is 45.3 Å². The minimum atomic E-state index is -4.58. The van der Waals surface area contributed by atoms with Gasteiger partial charge in [0.2, 0.25) is 9.84 Å². The largest absolute Gasteiger partial charge is 0.383 e. The number of nitrogens with zero attached hydrogens (tertiary/aromatic N) is 1. The smallest absolute Gasteiger partial charge is 0.341 e. The van der Waals surface area contributed by atoms with Gasteiger partial charge in [0.25, 0.3) is 0 Å². The minimum absolute atomic E-state index is 0.227. The quantitative estimate of drug-likeness (QED) is 0.760. The Kier molecular flexibility index (Phi) is 7.04. The normalized spacial score (nSPS) is 12.1. The molecule has 0 aliphatic rings. The van der Waals surface area contributed by atoms with Gasteiger partial charge in [0, 0.05) is 13.1 Å². The van der Waals surface area contributed by atoms with Crippen molar-refractivity contribution in [3.05, 3.63) is 24.3 Å². The topological polar surface area (TPSA) is 49.4 Å². The van der Waals surface area contributed by atoms with Gasteiger partial charge in [-0.25, -0.2) is 8.42 Å². The van der Waals surface area contributed by atoms with E-state index in [1.54, 1.807) is 6.07 Å². The second kappa shape index (κ2) is 8.29. The van der Waals surface area contributed by atoms with Gasteiger partial charge in [-0.1, -0.05) is 26.0 Å². The molecular weight excluding hydrogens is 298 g/mol. The highest BCUT2D eigenvalue weighted by Crippen LogP contribution is 2.25. The SMILES string of the molecule is CCCN(CC)CCNc1ccccc1S(=O)(=O)C(F)F. The van der Waals surface area contributed by atoms with Crippen molar-refractivity contribution in [2.75, 3.05) is 31.5 Å². The van der Waals surface area contributed by atoms with Crippen LogP contribution >= 0.6 is 0 Å². The van der Waals surface area contributed by atoms with Gasteiger partial charge in [-0.2, -0.15) is 8.78 Å². The molecule has 0 aromatic heterocycles. The summed E-state index contributed by atoms with van der Waals surface area (Å²) >= 11 is 0. The van der Waals surface area contributed by atoms with Crippen LogP contribution in [0.25, 0.3) is 0 Å². The van der Waals surface area contributed by atoms with Crippen LogP contribution in [0.1, 0.15) is 20.3 Å². The van der Waals surface area contributed by atoms with Crippen molar-refractivity contribution in [2.24, 2.45) is 0 Å². The number of hydrogen-bond acceptors (Lipinski definition) is 4.